The minimum atomic E-state index is -0.927. The van der Waals surface area contributed by atoms with Crippen LogP contribution >= 0.6 is 27.5 Å². The van der Waals surface area contributed by atoms with Gasteiger partial charge in [0.25, 0.3) is 0 Å². The van der Waals surface area contributed by atoms with Crippen LogP contribution in [0.4, 0.5) is 5.69 Å². The lowest BCUT2D eigenvalue weighted by molar-refractivity contribution is -0.136. The van der Waals surface area contributed by atoms with Gasteiger partial charge in [-0.15, -0.1) is 0 Å². The molecule has 0 amide bonds. The molecule has 0 atom stereocenters. The molecule has 0 aliphatic carbocycles. The summed E-state index contributed by atoms with van der Waals surface area (Å²) in [6.07, 6.45) is -0.115. The standard InChI is InChI=1S/C8H7BrClNO2/c9-5-2-1-4(3-6(12)13)7(10)8(5)11/h1-2H,3,11H2,(H,12,13). The van der Waals surface area contributed by atoms with E-state index in [2.05, 4.69) is 15.9 Å². The van der Waals surface area contributed by atoms with Gasteiger partial charge < -0.3 is 10.8 Å². The largest absolute Gasteiger partial charge is 0.481 e. The Balaban J connectivity index is 3.10. The van der Waals surface area contributed by atoms with E-state index < -0.39 is 5.97 Å². The molecule has 0 saturated heterocycles. The topological polar surface area (TPSA) is 63.3 Å². The van der Waals surface area contributed by atoms with Gasteiger partial charge in [-0.3, -0.25) is 4.79 Å². The first kappa shape index (κ1) is 10.3. The third-order valence-corrected chi connectivity index (χ3v) is 2.69. The summed E-state index contributed by atoms with van der Waals surface area (Å²) in [7, 11) is 0. The first-order chi connectivity index (χ1) is 6.02. The molecule has 3 N–H and O–H groups in total. The maximum Gasteiger partial charge on any atom is 0.307 e. The molecule has 0 aliphatic heterocycles. The number of hydrogen-bond donors (Lipinski definition) is 2. The summed E-state index contributed by atoms with van der Waals surface area (Å²) in [5.74, 6) is -0.927. The predicted octanol–water partition coefficient (Wildman–Crippen LogP) is 2.31. The van der Waals surface area contributed by atoms with Crippen LogP contribution in [0.5, 0.6) is 0 Å². The molecule has 0 unspecified atom stereocenters. The maximum absolute atomic E-state index is 10.4. The number of carbonyl (C=O) groups is 1. The molecule has 0 aromatic heterocycles. The molecule has 0 aliphatic rings. The highest BCUT2D eigenvalue weighted by Gasteiger charge is 2.09. The molecule has 0 radical (unpaired) electrons. The van der Waals surface area contributed by atoms with E-state index in [0.29, 0.717) is 20.7 Å². The van der Waals surface area contributed by atoms with Crippen LogP contribution in [0, 0.1) is 0 Å². The van der Waals surface area contributed by atoms with E-state index >= 15 is 0 Å². The molecule has 1 rings (SSSR count). The van der Waals surface area contributed by atoms with Crippen molar-refractivity contribution in [2.24, 2.45) is 0 Å². The minimum absolute atomic E-state index is 0.115. The van der Waals surface area contributed by atoms with Crippen molar-refractivity contribution in [1.29, 1.82) is 0 Å². The van der Waals surface area contributed by atoms with Crippen LogP contribution in [-0.4, -0.2) is 11.1 Å². The van der Waals surface area contributed by atoms with Crippen LogP contribution in [0.3, 0.4) is 0 Å². The lowest BCUT2D eigenvalue weighted by atomic mass is 10.1. The quantitative estimate of drug-likeness (QED) is 0.806. The fourth-order valence-electron chi connectivity index (χ4n) is 0.914. The van der Waals surface area contributed by atoms with Gasteiger partial charge in [0.05, 0.1) is 17.1 Å². The summed E-state index contributed by atoms with van der Waals surface area (Å²) in [6, 6.07) is 3.32. The van der Waals surface area contributed by atoms with Gasteiger partial charge in [-0.05, 0) is 27.6 Å². The molecule has 3 nitrogen and oxygen atoms in total. The molecule has 5 heteroatoms. The molecule has 70 valence electrons. The first-order valence-electron chi connectivity index (χ1n) is 3.46. The summed E-state index contributed by atoms with van der Waals surface area (Å²) in [5.41, 5.74) is 6.49. The van der Waals surface area contributed by atoms with Crippen molar-refractivity contribution in [2.75, 3.05) is 5.73 Å². The Morgan fingerprint density at radius 3 is 2.77 bits per heavy atom. The number of aliphatic carboxylic acids is 1. The number of rotatable bonds is 2. The number of anilines is 1. The van der Waals surface area contributed by atoms with Crippen molar-refractivity contribution in [3.05, 3.63) is 27.2 Å². The van der Waals surface area contributed by atoms with Gasteiger partial charge in [0, 0.05) is 4.47 Å². The third-order valence-electron chi connectivity index (χ3n) is 1.55. The highest BCUT2D eigenvalue weighted by molar-refractivity contribution is 9.10. The van der Waals surface area contributed by atoms with Crippen molar-refractivity contribution < 1.29 is 9.90 Å². The third kappa shape index (κ3) is 2.35. The number of halogens is 2. The van der Waals surface area contributed by atoms with Crippen LogP contribution in [0.1, 0.15) is 5.56 Å². The van der Waals surface area contributed by atoms with Crippen molar-refractivity contribution in [2.45, 2.75) is 6.42 Å². The molecule has 1 aromatic carbocycles. The molecule has 0 fully saturated rings. The molecule has 0 saturated carbocycles. The average molecular weight is 265 g/mol. The zero-order chi connectivity index (χ0) is 10.0. The van der Waals surface area contributed by atoms with E-state index in [-0.39, 0.29) is 6.42 Å². The summed E-state index contributed by atoms with van der Waals surface area (Å²) < 4.78 is 0.673. The van der Waals surface area contributed by atoms with Gasteiger partial charge in [-0.2, -0.15) is 0 Å². The number of nitrogens with two attached hydrogens (primary N) is 1. The van der Waals surface area contributed by atoms with Crippen LogP contribution in [0.15, 0.2) is 16.6 Å². The summed E-state index contributed by atoms with van der Waals surface area (Å²) in [5, 5.41) is 8.84. The molecule has 0 spiro atoms. The second kappa shape index (κ2) is 3.98. The summed E-state index contributed by atoms with van der Waals surface area (Å²) >= 11 is 9.01. The van der Waals surface area contributed by atoms with Gasteiger partial charge in [0.15, 0.2) is 0 Å². The van der Waals surface area contributed by atoms with E-state index in [1.165, 1.54) is 0 Å². The van der Waals surface area contributed by atoms with Gasteiger partial charge in [-0.1, -0.05) is 17.7 Å². The van der Waals surface area contributed by atoms with E-state index in [1.54, 1.807) is 12.1 Å². The number of benzene rings is 1. The van der Waals surface area contributed by atoms with Gasteiger partial charge in [0.2, 0.25) is 0 Å². The van der Waals surface area contributed by atoms with Crippen molar-refractivity contribution in [3.8, 4) is 0 Å². The molecular formula is C8H7BrClNO2. The van der Waals surface area contributed by atoms with Crippen molar-refractivity contribution in [3.63, 3.8) is 0 Å². The van der Waals surface area contributed by atoms with E-state index in [4.69, 9.17) is 22.4 Å². The first-order valence-corrected chi connectivity index (χ1v) is 4.63. The Morgan fingerprint density at radius 2 is 2.23 bits per heavy atom. The maximum atomic E-state index is 10.4. The number of hydrogen-bond acceptors (Lipinski definition) is 2. The fraction of sp³-hybridized carbons (Fsp3) is 0.125. The van der Waals surface area contributed by atoms with E-state index in [0.717, 1.165) is 0 Å². The van der Waals surface area contributed by atoms with E-state index in [9.17, 15) is 4.79 Å². The second-order valence-electron chi connectivity index (χ2n) is 2.50. The lowest BCUT2D eigenvalue weighted by Gasteiger charge is -2.05. The highest BCUT2D eigenvalue weighted by Crippen LogP contribution is 2.30. The second-order valence-corrected chi connectivity index (χ2v) is 3.74. The lowest BCUT2D eigenvalue weighted by Crippen LogP contribution is -2.02. The highest BCUT2D eigenvalue weighted by atomic mass is 79.9. The SMILES string of the molecule is Nc1c(Br)ccc(CC(=O)O)c1Cl. The van der Waals surface area contributed by atoms with Crippen LogP contribution in [0.25, 0.3) is 0 Å². The average Bonchev–Trinajstić information content (AvgIpc) is 2.06. The Morgan fingerprint density at radius 1 is 1.62 bits per heavy atom. The molecular weight excluding hydrogens is 257 g/mol. The van der Waals surface area contributed by atoms with Crippen LogP contribution in [-0.2, 0) is 11.2 Å². The molecule has 1 aromatic rings. The number of nitrogen functional groups attached to an aromatic ring is 1. The molecule has 13 heavy (non-hydrogen) atoms. The fourth-order valence-corrected chi connectivity index (χ4v) is 1.59. The predicted molar refractivity (Wildman–Crippen MR) is 54.9 cm³/mol. The number of carboxylic acid groups (broad SMARTS) is 1. The van der Waals surface area contributed by atoms with Gasteiger partial charge in [-0.25, -0.2) is 0 Å². The molecule has 0 bridgehead atoms. The Kier molecular flexibility index (Phi) is 3.17. The van der Waals surface area contributed by atoms with E-state index in [1.807, 2.05) is 0 Å². The Hall–Kier alpha value is -0.740. The normalized spacial score (nSPS) is 10.0. The van der Waals surface area contributed by atoms with Crippen LogP contribution in [0.2, 0.25) is 5.02 Å². The van der Waals surface area contributed by atoms with Crippen molar-refractivity contribution >= 4 is 39.2 Å². The minimum Gasteiger partial charge on any atom is -0.481 e. The zero-order valence-electron chi connectivity index (χ0n) is 6.55. The smallest absolute Gasteiger partial charge is 0.307 e. The Labute approximate surface area is 88.6 Å². The zero-order valence-corrected chi connectivity index (χ0v) is 8.89. The van der Waals surface area contributed by atoms with Crippen LogP contribution < -0.4 is 5.73 Å². The number of carboxylic acids is 1. The van der Waals surface area contributed by atoms with Gasteiger partial charge >= 0.3 is 5.97 Å². The molecule has 0 heterocycles. The summed E-state index contributed by atoms with van der Waals surface area (Å²) in [6.45, 7) is 0. The summed E-state index contributed by atoms with van der Waals surface area (Å²) in [4.78, 5) is 10.4. The van der Waals surface area contributed by atoms with Gasteiger partial charge in [0.1, 0.15) is 0 Å². The Bertz CT molecular complexity index is 354. The monoisotopic (exact) mass is 263 g/mol. The van der Waals surface area contributed by atoms with Crippen molar-refractivity contribution in [1.82, 2.24) is 0 Å².